The molecule has 0 amide bonds. The van der Waals surface area contributed by atoms with Gasteiger partial charge in [-0.05, 0) is 6.42 Å². The molecule has 3 fully saturated rings. The van der Waals surface area contributed by atoms with Crippen molar-refractivity contribution in [1.82, 2.24) is 5.32 Å². The maximum atomic E-state index is 10.7. The highest BCUT2D eigenvalue weighted by Crippen LogP contribution is 2.34. The highest BCUT2D eigenvalue weighted by molar-refractivity contribution is 5.03. The summed E-state index contributed by atoms with van der Waals surface area (Å²) in [4.78, 5) is 0. The van der Waals surface area contributed by atoms with Gasteiger partial charge in [-0.2, -0.15) is 0 Å². The highest BCUT2D eigenvalue weighted by atomic mass is 16.7. The molecular weight excluding hydrogens is 406 g/mol. The molecule has 0 radical (unpaired) electrons. The SMILES string of the molecule is CC[C@H]1O[C@@H](O[C@H]2[C@H](O)[C@@H](O)[C@@H](C3[C@H](O)CN[C@@H]3CO)O[C@@H]2CO)[C@H](O)[C@@H](O)[C@@H]1O. The van der Waals surface area contributed by atoms with Crippen LogP contribution in [0.1, 0.15) is 13.3 Å². The molecule has 3 heterocycles. The van der Waals surface area contributed by atoms with E-state index in [2.05, 4.69) is 5.32 Å². The molecule has 3 saturated heterocycles. The summed E-state index contributed by atoms with van der Waals surface area (Å²) in [5.41, 5.74) is 0. The van der Waals surface area contributed by atoms with Crippen LogP contribution in [0.4, 0.5) is 0 Å². The first-order chi connectivity index (χ1) is 14.2. The fraction of sp³-hybridized carbons (Fsp3) is 1.00. The van der Waals surface area contributed by atoms with Crippen LogP contribution in [0, 0.1) is 5.92 Å². The molecule has 0 saturated carbocycles. The van der Waals surface area contributed by atoms with Crippen LogP contribution in [0.25, 0.3) is 0 Å². The monoisotopic (exact) mass is 439 g/mol. The zero-order chi connectivity index (χ0) is 22.2. The molecule has 3 rings (SSSR count). The summed E-state index contributed by atoms with van der Waals surface area (Å²) in [7, 11) is 0. The van der Waals surface area contributed by atoms with Crippen LogP contribution in [0.5, 0.6) is 0 Å². The Bertz CT molecular complexity index is 552. The van der Waals surface area contributed by atoms with Crippen molar-refractivity contribution in [3.8, 4) is 0 Å². The van der Waals surface area contributed by atoms with Gasteiger partial charge in [0.2, 0.25) is 0 Å². The van der Waals surface area contributed by atoms with Gasteiger partial charge in [0, 0.05) is 18.5 Å². The van der Waals surface area contributed by atoms with Crippen LogP contribution in [-0.4, -0.2) is 134 Å². The first kappa shape index (κ1) is 24.2. The topological polar surface area (TPSA) is 202 Å². The summed E-state index contributed by atoms with van der Waals surface area (Å²) in [5, 5.41) is 84.0. The van der Waals surface area contributed by atoms with Crippen molar-refractivity contribution in [2.24, 2.45) is 5.92 Å². The van der Waals surface area contributed by atoms with E-state index in [0.717, 1.165) is 0 Å². The molecule has 3 aliphatic heterocycles. The predicted molar refractivity (Wildman–Crippen MR) is 98.0 cm³/mol. The Morgan fingerprint density at radius 3 is 2.13 bits per heavy atom. The molecule has 12 heteroatoms. The van der Waals surface area contributed by atoms with Crippen molar-refractivity contribution < 1.29 is 55.1 Å². The van der Waals surface area contributed by atoms with Gasteiger partial charge in [0.15, 0.2) is 6.29 Å². The second-order valence-corrected chi connectivity index (χ2v) is 8.17. The molecule has 12 nitrogen and oxygen atoms in total. The quantitative estimate of drug-likeness (QED) is 0.191. The van der Waals surface area contributed by atoms with Gasteiger partial charge in [-0.15, -0.1) is 0 Å². The summed E-state index contributed by atoms with van der Waals surface area (Å²) in [6.45, 7) is 0.936. The summed E-state index contributed by atoms with van der Waals surface area (Å²) in [5.74, 6) is -0.743. The van der Waals surface area contributed by atoms with E-state index in [9.17, 15) is 40.9 Å². The van der Waals surface area contributed by atoms with Crippen molar-refractivity contribution in [1.29, 1.82) is 0 Å². The Morgan fingerprint density at radius 2 is 1.53 bits per heavy atom. The first-order valence-corrected chi connectivity index (χ1v) is 10.2. The van der Waals surface area contributed by atoms with Crippen LogP contribution in [0.3, 0.4) is 0 Å². The second kappa shape index (κ2) is 9.98. The number of rotatable bonds is 6. The van der Waals surface area contributed by atoms with Crippen LogP contribution < -0.4 is 5.32 Å². The number of hydrogen-bond donors (Lipinski definition) is 9. The minimum absolute atomic E-state index is 0.170. The van der Waals surface area contributed by atoms with Gasteiger partial charge in [-0.25, -0.2) is 0 Å². The number of β-amino-alcohol motifs (C(OH)–C–C–N with tert-alkyl or cyclic N) is 1. The molecule has 0 aromatic rings. The molecule has 3 aliphatic rings. The molecule has 0 aliphatic carbocycles. The van der Waals surface area contributed by atoms with E-state index in [1.165, 1.54) is 0 Å². The largest absolute Gasteiger partial charge is 0.395 e. The fourth-order valence-electron chi connectivity index (χ4n) is 4.57. The Balaban J connectivity index is 1.75. The molecule has 13 atom stereocenters. The van der Waals surface area contributed by atoms with Crippen molar-refractivity contribution in [3.63, 3.8) is 0 Å². The van der Waals surface area contributed by atoms with Crippen LogP contribution in [0.2, 0.25) is 0 Å². The standard InChI is InChI=1S/C18H33NO11/c1-2-8-11(23)12(24)15(27)18(29-8)30-16-9(5-21)28-17(14(26)13(16)25)10-6(4-20)19-3-7(10)22/h6-27H,2-5H2,1H3/t6-,7-,8-,9-,10?,11-,12+,13-,14-,15-,16-,17-,18+/m1/s1. The number of ether oxygens (including phenoxy) is 3. The van der Waals surface area contributed by atoms with Gasteiger partial charge in [0.1, 0.15) is 42.7 Å². The van der Waals surface area contributed by atoms with Gasteiger partial charge in [0.25, 0.3) is 0 Å². The summed E-state index contributed by atoms with van der Waals surface area (Å²) in [6.07, 6.45) is -14.1. The van der Waals surface area contributed by atoms with E-state index in [1.807, 2.05) is 0 Å². The summed E-state index contributed by atoms with van der Waals surface area (Å²) < 4.78 is 16.8. The van der Waals surface area contributed by atoms with E-state index < -0.39 is 85.9 Å². The van der Waals surface area contributed by atoms with Crippen molar-refractivity contribution in [2.45, 2.75) is 86.7 Å². The van der Waals surface area contributed by atoms with Crippen molar-refractivity contribution >= 4 is 0 Å². The van der Waals surface area contributed by atoms with Gasteiger partial charge >= 0.3 is 0 Å². The van der Waals surface area contributed by atoms with E-state index in [0.29, 0.717) is 6.42 Å². The average Bonchev–Trinajstić information content (AvgIpc) is 3.12. The number of aliphatic hydroxyl groups is 8. The maximum absolute atomic E-state index is 10.7. The highest BCUT2D eigenvalue weighted by Gasteiger charge is 2.54. The predicted octanol–water partition coefficient (Wildman–Crippen LogP) is -4.99. The maximum Gasteiger partial charge on any atom is 0.187 e. The van der Waals surface area contributed by atoms with Gasteiger partial charge in [0.05, 0.1) is 31.5 Å². The van der Waals surface area contributed by atoms with E-state index in [-0.39, 0.29) is 13.2 Å². The first-order valence-electron chi connectivity index (χ1n) is 10.2. The number of nitrogens with one attached hydrogen (secondary N) is 1. The summed E-state index contributed by atoms with van der Waals surface area (Å²) in [6, 6.07) is -0.575. The lowest BCUT2D eigenvalue weighted by atomic mass is 9.83. The minimum atomic E-state index is -1.64. The minimum Gasteiger partial charge on any atom is -0.395 e. The van der Waals surface area contributed by atoms with E-state index >= 15 is 0 Å². The molecular formula is C18H33NO11. The molecule has 0 aromatic carbocycles. The van der Waals surface area contributed by atoms with Crippen molar-refractivity contribution in [2.75, 3.05) is 19.8 Å². The average molecular weight is 439 g/mol. The van der Waals surface area contributed by atoms with Crippen molar-refractivity contribution in [3.05, 3.63) is 0 Å². The third-order valence-corrected chi connectivity index (χ3v) is 6.34. The zero-order valence-electron chi connectivity index (χ0n) is 16.6. The molecule has 9 N–H and O–H groups in total. The molecule has 30 heavy (non-hydrogen) atoms. The lowest BCUT2D eigenvalue weighted by Gasteiger charge is -2.48. The third-order valence-electron chi connectivity index (χ3n) is 6.34. The van der Waals surface area contributed by atoms with Gasteiger partial charge in [-0.3, -0.25) is 0 Å². The Kier molecular flexibility index (Phi) is 8.04. The summed E-state index contributed by atoms with van der Waals surface area (Å²) >= 11 is 0. The van der Waals surface area contributed by atoms with E-state index in [4.69, 9.17) is 14.2 Å². The molecule has 0 spiro atoms. The van der Waals surface area contributed by atoms with Crippen LogP contribution >= 0.6 is 0 Å². The molecule has 0 aromatic heterocycles. The Hall–Kier alpha value is -0.480. The lowest BCUT2D eigenvalue weighted by molar-refractivity contribution is -0.343. The van der Waals surface area contributed by atoms with E-state index in [1.54, 1.807) is 6.92 Å². The number of aliphatic hydroxyl groups excluding tert-OH is 8. The zero-order valence-corrected chi connectivity index (χ0v) is 16.6. The van der Waals surface area contributed by atoms with Crippen LogP contribution in [-0.2, 0) is 14.2 Å². The van der Waals surface area contributed by atoms with Gasteiger partial charge < -0.3 is 60.4 Å². The number of hydrogen-bond acceptors (Lipinski definition) is 12. The Labute approximate surface area is 173 Å². The normalized spacial score (nSPS) is 52.5. The molecule has 1 unspecified atom stereocenters. The second-order valence-electron chi connectivity index (χ2n) is 8.17. The van der Waals surface area contributed by atoms with Crippen LogP contribution in [0.15, 0.2) is 0 Å². The third kappa shape index (κ3) is 4.37. The lowest BCUT2D eigenvalue weighted by Crippen LogP contribution is -2.66. The molecule has 176 valence electrons. The fourth-order valence-corrected chi connectivity index (χ4v) is 4.57. The Morgan fingerprint density at radius 1 is 0.833 bits per heavy atom. The molecule has 0 bridgehead atoms. The van der Waals surface area contributed by atoms with Gasteiger partial charge in [-0.1, -0.05) is 6.92 Å². The smallest absolute Gasteiger partial charge is 0.187 e.